The fourth-order valence-corrected chi connectivity index (χ4v) is 2.82. The Bertz CT molecular complexity index is 500. The van der Waals surface area contributed by atoms with Crippen molar-refractivity contribution in [2.45, 2.75) is 6.42 Å². The maximum atomic E-state index is 13.4. The van der Waals surface area contributed by atoms with Gasteiger partial charge in [0.25, 0.3) is 0 Å². The summed E-state index contributed by atoms with van der Waals surface area (Å²) in [4.78, 5) is 0. The van der Waals surface area contributed by atoms with E-state index in [1.54, 1.807) is 7.05 Å². The number of hydrogen-bond donors (Lipinski definition) is 2. The number of hydrogen-bond acceptors (Lipinski definition) is 3. The van der Waals surface area contributed by atoms with E-state index in [1.165, 1.54) is 0 Å². The summed E-state index contributed by atoms with van der Waals surface area (Å²) in [7, 11) is -2.06. The van der Waals surface area contributed by atoms with E-state index in [4.69, 9.17) is 0 Å². The molecule has 1 aromatic rings. The first-order chi connectivity index (χ1) is 8.35. The van der Waals surface area contributed by atoms with Gasteiger partial charge in [0, 0.05) is 4.47 Å². The lowest BCUT2D eigenvalue weighted by atomic mass is 10.3. The molecule has 0 aliphatic carbocycles. The molecule has 1 rings (SSSR count). The van der Waals surface area contributed by atoms with Gasteiger partial charge in [-0.3, -0.25) is 4.72 Å². The molecular formula is C10H13BrF2N2O2S. The van der Waals surface area contributed by atoms with Gasteiger partial charge in [-0.25, -0.2) is 17.2 Å². The van der Waals surface area contributed by atoms with E-state index in [1.807, 2.05) is 4.72 Å². The molecular weight excluding hydrogens is 330 g/mol. The molecule has 0 aromatic heterocycles. The minimum absolute atomic E-state index is 0.204. The summed E-state index contributed by atoms with van der Waals surface area (Å²) < 4.78 is 52.1. The van der Waals surface area contributed by atoms with E-state index in [0.29, 0.717) is 13.0 Å². The summed E-state index contributed by atoms with van der Waals surface area (Å²) in [5, 5.41) is 2.79. The molecule has 0 heterocycles. The van der Waals surface area contributed by atoms with Crippen LogP contribution in [-0.4, -0.2) is 27.8 Å². The van der Waals surface area contributed by atoms with Gasteiger partial charge in [-0.2, -0.15) is 0 Å². The molecule has 0 bridgehead atoms. The van der Waals surface area contributed by atoms with Crippen LogP contribution < -0.4 is 10.0 Å². The highest BCUT2D eigenvalue weighted by Gasteiger charge is 2.17. The average Bonchev–Trinajstić information content (AvgIpc) is 2.23. The first kappa shape index (κ1) is 15.3. The smallest absolute Gasteiger partial charge is 0.232 e. The molecule has 4 nitrogen and oxygen atoms in total. The van der Waals surface area contributed by atoms with Crippen LogP contribution in [-0.2, 0) is 10.0 Å². The van der Waals surface area contributed by atoms with E-state index in [0.717, 1.165) is 12.1 Å². The zero-order chi connectivity index (χ0) is 13.8. The molecule has 8 heteroatoms. The number of benzene rings is 1. The third-order valence-corrected chi connectivity index (χ3v) is 3.90. The largest absolute Gasteiger partial charge is 0.320 e. The number of anilines is 1. The second-order valence-electron chi connectivity index (χ2n) is 3.62. The lowest BCUT2D eigenvalue weighted by Gasteiger charge is -2.10. The van der Waals surface area contributed by atoms with Crippen molar-refractivity contribution in [3.63, 3.8) is 0 Å². The highest BCUT2D eigenvalue weighted by atomic mass is 79.9. The van der Waals surface area contributed by atoms with Crippen LogP contribution in [0.3, 0.4) is 0 Å². The Labute approximate surface area is 113 Å². The fourth-order valence-electron chi connectivity index (χ4n) is 1.29. The minimum atomic E-state index is -3.75. The molecule has 0 atom stereocenters. The van der Waals surface area contributed by atoms with Gasteiger partial charge in [0.05, 0.1) is 5.75 Å². The number of sulfonamides is 1. The SMILES string of the molecule is CNCCCS(=O)(=O)Nc1c(F)cc(Br)cc1F. The Morgan fingerprint density at radius 3 is 2.33 bits per heavy atom. The predicted molar refractivity (Wildman–Crippen MR) is 70.0 cm³/mol. The maximum absolute atomic E-state index is 13.4. The van der Waals surface area contributed by atoms with Crippen LogP contribution in [0.25, 0.3) is 0 Å². The van der Waals surface area contributed by atoms with Crippen molar-refractivity contribution in [1.82, 2.24) is 5.32 Å². The molecule has 0 spiro atoms. The number of nitrogens with one attached hydrogen (secondary N) is 2. The summed E-state index contributed by atoms with van der Waals surface area (Å²) in [6.07, 6.45) is 0.353. The summed E-state index contributed by atoms with van der Waals surface area (Å²) in [5.41, 5.74) is -0.650. The monoisotopic (exact) mass is 342 g/mol. The Morgan fingerprint density at radius 1 is 1.28 bits per heavy atom. The number of rotatable bonds is 6. The zero-order valence-electron chi connectivity index (χ0n) is 9.63. The van der Waals surface area contributed by atoms with Crippen LogP contribution in [0.15, 0.2) is 16.6 Å². The van der Waals surface area contributed by atoms with Gasteiger partial charge < -0.3 is 5.32 Å². The second kappa shape index (κ2) is 6.44. The van der Waals surface area contributed by atoms with Gasteiger partial charge in [-0.1, -0.05) is 15.9 Å². The summed E-state index contributed by atoms with van der Waals surface area (Å²) in [5.74, 6) is -2.12. The second-order valence-corrected chi connectivity index (χ2v) is 6.38. The molecule has 0 aliphatic rings. The lowest BCUT2D eigenvalue weighted by molar-refractivity contribution is 0.580. The molecule has 0 radical (unpaired) electrons. The lowest BCUT2D eigenvalue weighted by Crippen LogP contribution is -2.21. The normalized spacial score (nSPS) is 11.6. The van der Waals surface area contributed by atoms with Crippen molar-refractivity contribution in [2.75, 3.05) is 24.1 Å². The molecule has 0 fully saturated rings. The van der Waals surface area contributed by atoms with Crippen molar-refractivity contribution in [3.8, 4) is 0 Å². The summed E-state index contributed by atoms with van der Waals surface area (Å²) >= 11 is 2.91. The van der Waals surface area contributed by atoms with Crippen LogP contribution in [0, 0.1) is 11.6 Å². The maximum Gasteiger partial charge on any atom is 0.232 e. The quantitative estimate of drug-likeness (QED) is 0.778. The Balaban J connectivity index is 2.84. The van der Waals surface area contributed by atoms with Crippen molar-refractivity contribution in [1.29, 1.82) is 0 Å². The first-order valence-electron chi connectivity index (χ1n) is 5.15. The fraction of sp³-hybridized carbons (Fsp3) is 0.400. The van der Waals surface area contributed by atoms with Gasteiger partial charge in [-0.05, 0) is 32.1 Å². The molecule has 18 heavy (non-hydrogen) atoms. The van der Waals surface area contributed by atoms with Crippen molar-refractivity contribution in [3.05, 3.63) is 28.2 Å². The highest BCUT2D eigenvalue weighted by molar-refractivity contribution is 9.10. The van der Waals surface area contributed by atoms with E-state index in [2.05, 4.69) is 21.2 Å². The Morgan fingerprint density at radius 2 is 1.83 bits per heavy atom. The summed E-state index contributed by atoms with van der Waals surface area (Å²) in [6.45, 7) is 0.506. The molecule has 0 saturated heterocycles. The van der Waals surface area contributed by atoms with E-state index in [-0.39, 0.29) is 10.2 Å². The van der Waals surface area contributed by atoms with Crippen LogP contribution in [0.1, 0.15) is 6.42 Å². The standard InChI is InChI=1S/C10H13BrF2N2O2S/c1-14-3-2-4-18(16,17)15-10-8(12)5-7(11)6-9(10)13/h5-6,14-15H,2-4H2,1H3. The highest BCUT2D eigenvalue weighted by Crippen LogP contribution is 2.24. The molecule has 0 saturated carbocycles. The predicted octanol–water partition coefficient (Wildman–Crippen LogP) is 2.08. The van der Waals surface area contributed by atoms with E-state index >= 15 is 0 Å². The number of halogens is 3. The Kier molecular flexibility index (Phi) is 5.48. The third-order valence-electron chi connectivity index (χ3n) is 2.10. The topological polar surface area (TPSA) is 58.2 Å². The van der Waals surface area contributed by atoms with Gasteiger partial charge >= 0.3 is 0 Å². The molecule has 0 aliphatic heterocycles. The molecule has 2 N–H and O–H groups in total. The first-order valence-corrected chi connectivity index (χ1v) is 7.60. The van der Waals surface area contributed by atoms with Gasteiger partial charge in [-0.15, -0.1) is 0 Å². The molecule has 1 aromatic carbocycles. The average molecular weight is 343 g/mol. The minimum Gasteiger partial charge on any atom is -0.320 e. The third kappa shape index (κ3) is 4.51. The van der Waals surface area contributed by atoms with Crippen LogP contribution in [0.2, 0.25) is 0 Å². The van der Waals surface area contributed by atoms with Crippen molar-refractivity contribution in [2.24, 2.45) is 0 Å². The van der Waals surface area contributed by atoms with Gasteiger partial charge in [0.2, 0.25) is 10.0 Å². The van der Waals surface area contributed by atoms with Crippen LogP contribution >= 0.6 is 15.9 Å². The van der Waals surface area contributed by atoms with Gasteiger partial charge in [0.1, 0.15) is 5.69 Å². The molecule has 0 unspecified atom stereocenters. The zero-order valence-corrected chi connectivity index (χ0v) is 12.0. The molecule has 102 valence electrons. The Hall–Kier alpha value is -0.730. The van der Waals surface area contributed by atoms with Crippen molar-refractivity contribution < 1.29 is 17.2 Å². The van der Waals surface area contributed by atoms with Gasteiger partial charge in [0.15, 0.2) is 11.6 Å². The van der Waals surface area contributed by atoms with E-state index in [9.17, 15) is 17.2 Å². The van der Waals surface area contributed by atoms with Crippen molar-refractivity contribution >= 4 is 31.6 Å². The van der Waals surface area contributed by atoms with Crippen LogP contribution in [0.4, 0.5) is 14.5 Å². The van der Waals surface area contributed by atoms with E-state index < -0.39 is 27.3 Å². The summed E-state index contributed by atoms with van der Waals surface area (Å²) in [6, 6.07) is 1.99. The van der Waals surface area contributed by atoms with Crippen LogP contribution in [0.5, 0.6) is 0 Å². The molecule has 0 amide bonds.